The Morgan fingerprint density at radius 3 is 2.67 bits per heavy atom. The lowest BCUT2D eigenvalue weighted by Gasteiger charge is -2.17. The molecule has 0 aliphatic carbocycles. The molecule has 2 nitrogen and oxygen atoms in total. The van der Waals surface area contributed by atoms with Crippen LogP contribution in [-0.4, -0.2) is 31.5 Å². The highest BCUT2D eigenvalue weighted by Gasteiger charge is 2.06. The maximum Gasteiger partial charge on any atom is 0.131 e. The first-order valence-corrected chi connectivity index (χ1v) is 6.77. The van der Waals surface area contributed by atoms with Crippen molar-refractivity contribution in [2.45, 2.75) is 25.8 Å². The van der Waals surface area contributed by atoms with Crippen LogP contribution in [-0.2, 0) is 6.54 Å². The molecule has 102 valence electrons. The van der Waals surface area contributed by atoms with Crippen molar-refractivity contribution in [1.82, 2.24) is 4.90 Å². The highest BCUT2D eigenvalue weighted by atomic mass is 35.5. The zero-order valence-electron chi connectivity index (χ0n) is 11.1. The fourth-order valence-corrected chi connectivity index (χ4v) is 2.00. The zero-order valence-corrected chi connectivity index (χ0v) is 11.8. The van der Waals surface area contributed by atoms with Gasteiger partial charge in [0.25, 0.3) is 0 Å². The van der Waals surface area contributed by atoms with E-state index in [1.54, 1.807) is 12.1 Å². The summed E-state index contributed by atoms with van der Waals surface area (Å²) in [7, 11) is 3.54. The van der Waals surface area contributed by atoms with Crippen molar-refractivity contribution in [2.75, 3.05) is 26.6 Å². The highest BCUT2D eigenvalue weighted by Crippen LogP contribution is 2.17. The van der Waals surface area contributed by atoms with Crippen LogP contribution >= 0.6 is 11.6 Å². The average Bonchev–Trinajstić information content (AvgIpc) is 2.37. The van der Waals surface area contributed by atoms with Gasteiger partial charge in [0, 0.05) is 24.1 Å². The third kappa shape index (κ3) is 5.23. The van der Waals surface area contributed by atoms with Gasteiger partial charge in [0.1, 0.15) is 11.6 Å². The molecule has 18 heavy (non-hydrogen) atoms. The number of methoxy groups -OCH3 is 1. The summed E-state index contributed by atoms with van der Waals surface area (Å²) < 4.78 is 18.7. The SMILES string of the molecule is COc1ccc(CN(C)CCCCCCl)c(F)c1. The molecule has 1 aromatic rings. The fourth-order valence-electron chi connectivity index (χ4n) is 1.81. The van der Waals surface area contributed by atoms with Crippen LogP contribution in [0, 0.1) is 5.82 Å². The number of unbranched alkanes of at least 4 members (excludes halogenated alkanes) is 2. The minimum atomic E-state index is -0.207. The molecule has 0 bridgehead atoms. The third-order valence-corrected chi connectivity index (χ3v) is 3.14. The molecule has 0 saturated carbocycles. The van der Waals surface area contributed by atoms with Crippen LogP contribution in [0.15, 0.2) is 18.2 Å². The molecule has 0 saturated heterocycles. The second kappa shape index (κ2) is 8.33. The van der Waals surface area contributed by atoms with Gasteiger partial charge in [-0.2, -0.15) is 0 Å². The normalized spacial score (nSPS) is 10.9. The Balaban J connectivity index is 2.41. The monoisotopic (exact) mass is 273 g/mol. The predicted octanol–water partition coefficient (Wildman–Crippen LogP) is 3.68. The van der Waals surface area contributed by atoms with Gasteiger partial charge in [0.15, 0.2) is 0 Å². The lowest BCUT2D eigenvalue weighted by Crippen LogP contribution is -2.19. The summed E-state index contributed by atoms with van der Waals surface area (Å²) >= 11 is 5.62. The Hall–Kier alpha value is -0.800. The van der Waals surface area contributed by atoms with Crippen LogP contribution in [0.4, 0.5) is 4.39 Å². The number of hydrogen-bond donors (Lipinski definition) is 0. The van der Waals surface area contributed by atoms with E-state index in [1.807, 2.05) is 7.05 Å². The summed E-state index contributed by atoms with van der Waals surface area (Å²) in [4.78, 5) is 2.12. The van der Waals surface area contributed by atoms with Gasteiger partial charge in [-0.1, -0.05) is 12.5 Å². The van der Waals surface area contributed by atoms with Gasteiger partial charge in [-0.05, 0) is 32.5 Å². The first kappa shape index (κ1) is 15.3. The molecule has 0 spiro atoms. The van der Waals surface area contributed by atoms with Gasteiger partial charge >= 0.3 is 0 Å². The van der Waals surface area contributed by atoms with Crippen molar-refractivity contribution in [3.05, 3.63) is 29.6 Å². The van der Waals surface area contributed by atoms with Crippen LogP contribution in [0.1, 0.15) is 24.8 Å². The maximum atomic E-state index is 13.7. The van der Waals surface area contributed by atoms with Crippen LogP contribution < -0.4 is 4.74 Å². The Bertz CT molecular complexity index is 360. The van der Waals surface area contributed by atoms with Crippen molar-refractivity contribution >= 4 is 11.6 Å². The van der Waals surface area contributed by atoms with E-state index in [1.165, 1.54) is 13.2 Å². The van der Waals surface area contributed by atoms with E-state index >= 15 is 0 Å². The van der Waals surface area contributed by atoms with Gasteiger partial charge in [0.05, 0.1) is 7.11 Å². The Kier molecular flexibility index (Phi) is 7.06. The molecule has 0 N–H and O–H groups in total. The second-order valence-corrected chi connectivity index (χ2v) is 4.82. The van der Waals surface area contributed by atoms with Crippen molar-refractivity contribution in [1.29, 1.82) is 0 Å². The minimum absolute atomic E-state index is 0.207. The fraction of sp³-hybridized carbons (Fsp3) is 0.571. The highest BCUT2D eigenvalue weighted by molar-refractivity contribution is 6.17. The number of alkyl halides is 1. The molecule has 1 aromatic carbocycles. The van der Waals surface area contributed by atoms with E-state index in [0.717, 1.165) is 31.7 Å². The lowest BCUT2D eigenvalue weighted by molar-refractivity contribution is 0.312. The van der Waals surface area contributed by atoms with E-state index in [9.17, 15) is 4.39 Å². The standard InChI is InChI=1S/C14H21ClFNO/c1-17(9-5-3-4-8-15)11-12-6-7-13(18-2)10-14(12)16/h6-7,10H,3-5,8-9,11H2,1-2H3. The third-order valence-electron chi connectivity index (χ3n) is 2.87. The maximum absolute atomic E-state index is 13.7. The number of benzene rings is 1. The molecule has 0 aromatic heterocycles. The molecular weight excluding hydrogens is 253 g/mol. The molecule has 0 unspecified atom stereocenters. The molecule has 0 radical (unpaired) electrons. The summed E-state index contributed by atoms with van der Waals surface area (Å²) in [6.07, 6.45) is 3.27. The van der Waals surface area contributed by atoms with Crippen LogP contribution in [0.5, 0.6) is 5.75 Å². The Morgan fingerprint density at radius 2 is 2.06 bits per heavy atom. The van der Waals surface area contributed by atoms with E-state index < -0.39 is 0 Å². The minimum Gasteiger partial charge on any atom is -0.497 e. The largest absolute Gasteiger partial charge is 0.497 e. The van der Waals surface area contributed by atoms with Crippen molar-refractivity contribution in [3.8, 4) is 5.75 Å². The summed E-state index contributed by atoms with van der Waals surface area (Å²) in [5.74, 6) is 1.07. The summed E-state index contributed by atoms with van der Waals surface area (Å²) in [5, 5.41) is 0. The van der Waals surface area contributed by atoms with Crippen molar-refractivity contribution in [3.63, 3.8) is 0 Å². The van der Waals surface area contributed by atoms with Crippen LogP contribution in [0.3, 0.4) is 0 Å². The number of nitrogens with zero attached hydrogens (tertiary/aromatic N) is 1. The molecule has 0 aliphatic heterocycles. The smallest absolute Gasteiger partial charge is 0.131 e. The zero-order chi connectivity index (χ0) is 13.4. The molecule has 0 atom stereocenters. The molecule has 4 heteroatoms. The van der Waals surface area contributed by atoms with Gasteiger partial charge in [-0.25, -0.2) is 4.39 Å². The topological polar surface area (TPSA) is 12.5 Å². The number of ether oxygens (including phenoxy) is 1. The molecule has 0 aliphatic rings. The number of halogens is 2. The van der Waals surface area contributed by atoms with Gasteiger partial charge in [0.2, 0.25) is 0 Å². The van der Waals surface area contributed by atoms with E-state index in [4.69, 9.17) is 16.3 Å². The Morgan fingerprint density at radius 1 is 1.28 bits per heavy atom. The first-order chi connectivity index (χ1) is 8.67. The Labute approximate surface area is 114 Å². The average molecular weight is 274 g/mol. The molecular formula is C14H21ClFNO. The summed E-state index contributed by atoms with van der Waals surface area (Å²) in [5.41, 5.74) is 0.704. The number of rotatable bonds is 8. The molecule has 0 amide bonds. The van der Waals surface area contributed by atoms with E-state index in [-0.39, 0.29) is 5.82 Å². The second-order valence-electron chi connectivity index (χ2n) is 4.44. The molecule has 0 fully saturated rings. The van der Waals surface area contributed by atoms with Gasteiger partial charge < -0.3 is 9.64 Å². The van der Waals surface area contributed by atoms with E-state index in [2.05, 4.69) is 4.90 Å². The molecule has 1 rings (SSSR count). The number of hydrogen-bond acceptors (Lipinski definition) is 2. The van der Waals surface area contributed by atoms with Crippen LogP contribution in [0.25, 0.3) is 0 Å². The quantitative estimate of drug-likeness (QED) is 0.529. The van der Waals surface area contributed by atoms with Gasteiger partial charge in [-0.3, -0.25) is 0 Å². The molecule has 0 heterocycles. The van der Waals surface area contributed by atoms with Crippen molar-refractivity contribution < 1.29 is 9.13 Å². The lowest BCUT2D eigenvalue weighted by atomic mass is 10.2. The van der Waals surface area contributed by atoms with Crippen LogP contribution in [0.2, 0.25) is 0 Å². The summed E-state index contributed by atoms with van der Waals surface area (Å²) in [6, 6.07) is 5.00. The predicted molar refractivity (Wildman–Crippen MR) is 73.9 cm³/mol. The first-order valence-electron chi connectivity index (χ1n) is 6.24. The van der Waals surface area contributed by atoms with Gasteiger partial charge in [-0.15, -0.1) is 11.6 Å². The summed E-state index contributed by atoms with van der Waals surface area (Å²) in [6.45, 7) is 1.58. The van der Waals surface area contributed by atoms with Crippen molar-refractivity contribution in [2.24, 2.45) is 0 Å². The van der Waals surface area contributed by atoms with E-state index in [0.29, 0.717) is 17.9 Å².